The van der Waals surface area contributed by atoms with Crippen LogP contribution in [0, 0.1) is 0 Å². The third kappa shape index (κ3) is 3.01. The first-order valence-corrected chi connectivity index (χ1v) is 5.01. The van der Waals surface area contributed by atoms with E-state index in [1.807, 2.05) is 7.05 Å². The largest absolute Gasteiger partial charge is 0.371 e. The number of nitrogens with zero attached hydrogens (tertiary/aromatic N) is 2. The Kier molecular flexibility index (Phi) is 4.25. The van der Waals surface area contributed by atoms with Crippen LogP contribution in [-0.4, -0.2) is 56.6 Å². The summed E-state index contributed by atoms with van der Waals surface area (Å²) in [6.45, 7) is 7.79. The van der Waals surface area contributed by atoms with Gasteiger partial charge in [0.25, 0.3) is 0 Å². The van der Waals surface area contributed by atoms with Crippen LogP contribution in [0.15, 0.2) is 11.8 Å². The maximum atomic E-state index is 3.20. The molecular formula is C10H21N3. The van der Waals surface area contributed by atoms with Gasteiger partial charge in [0.2, 0.25) is 0 Å². The van der Waals surface area contributed by atoms with Crippen LogP contribution < -0.4 is 5.32 Å². The fourth-order valence-corrected chi connectivity index (χ4v) is 1.67. The first-order valence-electron chi connectivity index (χ1n) is 5.01. The zero-order valence-electron chi connectivity index (χ0n) is 9.01. The van der Waals surface area contributed by atoms with Crippen LogP contribution in [-0.2, 0) is 0 Å². The minimum absolute atomic E-state index is 0.986. The second kappa shape index (κ2) is 5.25. The second-order valence-corrected chi connectivity index (χ2v) is 3.60. The lowest BCUT2D eigenvalue weighted by molar-refractivity contribution is 0.183. The van der Waals surface area contributed by atoms with Crippen LogP contribution in [0.25, 0.3) is 0 Å². The highest BCUT2D eigenvalue weighted by Crippen LogP contribution is 2.07. The van der Waals surface area contributed by atoms with E-state index in [-0.39, 0.29) is 0 Å². The SMILES string of the molecule is C/C=C(\CNC)N1CCN(C)CC1. The van der Waals surface area contributed by atoms with Gasteiger partial charge in [-0.05, 0) is 21.0 Å². The second-order valence-electron chi connectivity index (χ2n) is 3.60. The van der Waals surface area contributed by atoms with Crippen molar-refractivity contribution < 1.29 is 0 Å². The lowest BCUT2D eigenvalue weighted by atomic mass is 10.2. The first kappa shape index (κ1) is 10.5. The number of piperazine rings is 1. The lowest BCUT2D eigenvalue weighted by Crippen LogP contribution is -2.45. The maximum Gasteiger partial charge on any atom is 0.0350 e. The number of hydrogen-bond donors (Lipinski definition) is 1. The third-order valence-electron chi connectivity index (χ3n) is 2.60. The molecule has 0 bridgehead atoms. The van der Waals surface area contributed by atoms with Gasteiger partial charge in [-0.15, -0.1) is 0 Å². The zero-order valence-corrected chi connectivity index (χ0v) is 9.01. The van der Waals surface area contributed by atoms with Crippen molar-refractivity contribution in [3.63, 3.8) is 0 Å². The molecule has 0 radical (unpaired) electrons. The van der Waals surface area contributed by atoms with Gasteiger partial charge >= 0.3 is 0 Å². The standard InChI is InChI=1S/C10H21N3/c1-4-10(9-11-2)13-7-5-12(3)6-8-13/h4,11H,5-9H2,1-3H3/b10-4+. The van der Waals surface area contributed by atoms with E-state index < -0.39 is 0 Å². The Hall–Kier alpha value is -0.540. The summed E-state index contributed by atoms with van der Waals surface area (Å²) >= 11 is 0. The average Bonchev–Trinajstić information content (AvgIpc) is 2.16. The molecule has 0 aliphatic carbocycles. The summed E-state index contributed by atoms with van der Waals surface area (Å²) < 4.78 is 0. The van der Waals surface area contributed by atoms with Gasteiger partial charge in [0.05, 0.1) is 0 Å². The van der Waals surface area contributed by atoms with Gasteiger partial charge < -0.3 is 15.1 Å². The average molecular weight is 183 g/mol. The number of allylic oxidation sites excluding steroid dienone is 1. The van der Waals surface area contributed by atoms with Crippen LogP contribution in [0.3, 0.4) is 0 Å². The van der Waals surface area contributed by atoms with E-state index in [0.29, 0.717) is 0 Å². The van der Waals surface area contributed by atoms with Crippen molar-refractivity contribution in [1.82, 2.24) is 15.1 Å². The van der Waals surface area contributed by atoms with E-state index >= 15 is 0 Å². The molecule has 76 valence electrons. The molecule has 13 heavy (non-hydrogen) atoms. The highest BCUT2D eigenvalue weighted by molar-refractivity contribution is 5.02. The first-order chi connectivity index (χ1) is 6.27. The van der Waals surface area contributed by atoms with E-state index in [9.17, 15) is 0 Å². The Morgan fingerprint density at radius 3 is 2.38 bits per heavy atom. The fourth-order valence-electron chi connectivity index (χ4n) is 1.67. The normalized spacial score (nSPS) is 20.8. The Bertz CT molecular complexity index is 169. The molecule has 0 aromatic rings. The molecule has 1 fully saturated rings. The van der Waals surface area contributed by atoms with Crippen LogP contribution in [0.5, 0.6) is 0 Å². The van der Waals surface area contributed by atoms with Gasteiger partial charge in [0.1, 0.15) is 0 Å². The summed E-state index contributed by atoms with van der Waals surface area (Å²) in [5, 5.41) is 3.20. The van der Waals surface area contributed by atoms with Crippen molar-refractivity contribution in [2.24, 2.45) is 0 Å². The molecule has 0 aromatic heterocycles. The van der Waals surface area contributed by atoms with Crippen molar-refractivity contribution in [3.8, 4) is 0 Å². The number of nitrogens with one attached hydrogen (secondary N) is 1. The molecule has 0 aromatic carbocycles. The van der Waals surface area contributed by atoms with Gasteiger partial charge in [0, 0.05) is 38.4 Å². The van der Waals surface area contributed by atoms with Crippen molar-refractivity contribution in [1.29, 1.82) is 0 Å². The number of likely N-dealkylation sites (N-methyl/N-ethyl adjacent to an activating group) is 2. The summed E-state index contributed by atoms with van der Waals surface area (Å²) in [4.78, 5) is 4.85. The summed E-state index contributed by atoms with van der Waals surface area (Å²) in [5.41, 5.74) is 1.43. The number of hydrogen-bond acceptors (Lipinski definition) is 3. The smallest absolute Gasteiger partial charge is 0.0350 e. The molecule has 1 rings (SSSR count). The summed E-state index contributed by atoms with van der Waals surface area (Å²) in [5.74, 6) is 0. The molecule has 0 saturated carbocycles. The lowest BCUT2D eigenvalue weighted by Gasteiger charge is -2.35. The summed E-state index contributed by atoms with van der Waals surface area (Å²) in [6.07, 6.45) is 2.21. The molecule has 0 spiro atoms. The van der Waals surface area contributed by atoms with Gasteiger partial charge in [0.15, 0.2) is 0 Å². The highest BCUT2D eigenvalue weighted by atomic mass is 15.3. The Morgan fingerprint density at radius 2 is 1.92 bits per heavy atom. The van der Waals surface area contributed by atoms with Gasteiger partial charge in [-0.25, -0.2) is 0 Å². The number of rotatable bonds is 3. The monoisotopic (exact) mass is 183 g/mol. The molecule has 1 heterocycles. The maximum absolute atomic E-state index is 3.20. The molecule has 0 atom stereocenters. The van der Waals surface area contributed by atoms with E-state index in [1.165, 1.54) is 18.8 Å². The van der Waals surface area contributed by atoms with Crippen LogP contribution in [0.4, 0.5) is 0 Å². The van der Waals surface area contributed by atoms with Gasteiger partial charge in [-0.2, -0.15) is 0 Å². The molecule has 1 N–H and O–H groups in total. The van der Waals surface area contributed by atoms with Crippen molar-refractivity contribution >= 4 is 0 Å². The molecule has 0 unspecified atom stereocenters. The summed E-state index contributed by atoms with van der Waals surface area (Å²) in [6, 6.07) is 0. The predicted octanol–water partition coefficient (Wildman–Crippen LogP) is 0.357. The molecule has 3 heteroatoms. The fraction of sp³-hybridized carbons (Fsp3) is 0.800. The van der Waals surface area contributed by atoms with Gasteiger partial charge in [-0.3, -0.25) is 0 Å². The Morgan fingerprint density at radius 1 is 1.31 bits per heavy atom. The zero-order chi connectivity index (χ0) is 9.68. The minimum Gasteiger partial charge on any atom is -0.371 e. The van der Waals surface area contributed by atoms with E-state index in [4.69, 9.17) is 0 Å². The van der Waals surface area contributed by atoms with E-state index in [0.717, 1.165) is 19.6 Å². The predicted molar refractivity (Wildman–Crippen MR) is 56.8 cm³/mol. The third-order valence-corrected chi connectivity index (χ3v) is 2.60. The van der Waals surface area contributed by atoms with Crippen molar-refractivity contribution in [2.45, 2.75) is 6.92 Å². The Labute approximate surface area is 81.4 Å². The minimum atomic E-state index is 0.986. The van der Waals surface area contributed by atoms with E-state index in [1.54, 1.807) is 0 Å². The summed E-state index contributed by atoms with van der Waals surface area (Å²) in [7, 11) is 4.18. The molecule has 1 aliphatic heterocycles. The Balaban J connectivity index is 2.42. The van der Waals surface area contributed by atoms with Gasteiger partial charge in [-0.1, -0.05) is 6.08 Å². The molecule has 1 aliphatic rings. The molecular weight excluding hydrogens is 162 g/mol. The van der Waals surface area contributed by atoms with Crippen LogP contribution >= 0.6 is 0 Å². The van der Waals surface area contributed by atoms with Crippen molar-refractivity contribution in [2.75, 3.05) is 46.8 Å². The van der Waals surface area contributed by atoms with Crippen LogP contribution in [0.2, 0.25) is 0 Å². The molecule has 0 amide bonds. The van der Waals surface area contributed by atoms with Crippen LogP contribution in [0.1, 0.15) is 6.92 Å². The molecule has 3 nitrogen and oxygen atoms in total. The quantitative estimate of drug-likeness (QED) is 0.681. The topological polar surface area (TPSA) is 18.5 Å². The van der Waals surface area contributed by atoms with E-state index in [2.05, 4.69) is 35.2 Å². The van der Waals surface area contributed by atoms with Crippen molar-refractivity contribution in [3.05, 3.63) is 11.8 Å². The highest BCUT2D eigenvalue weighted by Gasteiger charge is 2.14. The molecule has 1 saturated heterocycles.